The van der Waals surface area contributed by atoms with Gasteiger partial charge in [0.2, 0.25) is 0 Å². The maximum Gasteiger partial charge on any atom is 0.149 e. The van der Waals surface area contributed by atoms with Gasteiger partial charge in [-0.05, 0) is 13.8 Å². The fourth-order valence-electron chi connectivity index (χ4n) is 0.658. The van der Waals surface area contributed by atoms with E-state index in [-0.39, 0.29) is 6.10 Å². The Labute approximate surface area is 75.1 Å². The van der Waals surface area contributed by atoms with Gasteiger partial charge in [0, 0.05) is 11.5 Å². The van der Waals surface area contributed by atoms with Crippen molar-refractivity contribution in [2.45, 2.75) is 26.6 Å². The number of anilines is 1. The molecule has 3 N–H and O–H groups in total. The minimum atomic E-state index is 0.192. The van der Waals surface area contributed by atoms with E-state index in [1.165, 1.54) is 11.5 Å². The average molecular weight is 188 g/mol. The Morgan fingerprint density at radius 2 is 2.42 bits per heavy atom. The molecule has 0 radical (unpaired) electrons. The Bertz CT molecular complexity index is 237. The van der Waals surface area contributed by atoms with Crippen LogP contribution in [0.25, 0.3) is 0 Å². The molecule has 0 unspecified atom stereocenters. The van der Waals surface area contributed by atoms with Gasteiger partial charge < -0.3 is 10.2 Å². The number of ether oxygens (including phenoxy) is 1. The summed E-state index contributed by atoms with van der Waals surface area (Å²) in [4.78, 5) is 0. The summed E-state index contributed by atoms with van der Waals surface area (Å²) < 4.78 is 9.08. The third-order valence-electron chi connectivity index (χ3n) is 1.24. The van der Waals surface area contributed by atoms with Crippen LogP contribution in [-0.4, -0.2) is 15.7 Å². The largest absolute Gasteiger partial charge is 0.372 e. The Morgan fingerprint density at radius 1 is 1.67 bits per heavy atom. The predicted octanol–water partition coefficient (Wildman–Crippen LogP) is 0.749. The smallest absolute Gasteiger partial charge is 0.149 e. The third-order valence-corrected chi connectivity index (χ3v) is 1.94. The molecule has 1 aromatic rings. The van der Waals surface area contributed by atoms with Crippen molar-refractivity contribution in [3.63, 3.8) is 0 Å². The van der Waals surface area contributed by atoms with Crippen molar-refractivity contribution < 1.29 is 4.74 Å². The SMILES string of the molecule is CC(C)OCc1nnsc1NN. The highest BCUT2D eigenvalue weighted by Crippen LogP contribution is 2.16. The van der Waals surface area contributed by atoms with Crippen LogP contribution in [0.1, 0.15) is 19.5 Å². The van der Waals surface area contributed by atoms with E-state index in [1.807, 2.05) is 13.8 Å². The molecule has 0 atom stereocenters. The first-order valence-electron chi connectivity index (χ1n) is 3.63. The van der Waals surface area contributed by atoms with Crippen LogP contribution in [0.4, 0.5) is 5.00 Å². The van der Waals surface area contributed by atoms with Crippen molar-refractivity contribution in [1.29, 1.82) is 0 Å². The second-order valence-corrected chi connectivity index (χ2v) is 3.31. The van der Waals surface area contributed by atoms with Gasteiger partial charge in [-0.3, -0.25) is 0 Å². The average Bonchev–Trinajstić information content (AvgIpc) is 2.47. The number of nitrogens with two attached hydrogens (primary N) is 1. The molecule has 1 rings (SSSR count). The van der Waals surface area contributed by atoms with E-state index in [0.29, 0.717) is 6.61 Å². The van der Waals surface area contributed by atoms with E-state index in [1.54, 1.807) is 0 Å². The molecule has 0 aliphatic heterocycles. The zero-order chi connectivity index (χ0) is 8.97. The Hall–Kier alpha value is -0.720. The van der Waals surface area contributed by atoms with Gasteiger partial charge in [0.05, 0.1) is 12.7 Å². The second kappa shape index (κ2) is 4.34. The van der Waals surface area contributed by atoms with E-state index in [9.17, 15) is 0 Å². The maximum atomic E-state index is 5.34. The molecule has 68 valence electrons. The number of rotatable bonds is 4. The summed E-state index contributed by atoms with van der Waals surface area (Å²) in [5, 5.41) is 4.62. The summed E-state index contributed by atoms with van der Waals surface area (Å²) in [5.41, 5.74) is 3.27. The van der Waals surface area contributed by atoms with Gasteiger partial charge in [0.1, 0.15) is 10.7 Å². The molecule has 0 aliphatic rings. The van der Waals surface area contributed by atoms with Gasteiger partial charge in [-0.1, -0.05) is 4.49 Å². The zero-order valence-electron chi connectivity index (χ0n) is 7.07. The normalized spacial score (nSPS) is 10.7. The van der Waals surface area contributed by atoms with Gasteiger partial charge in [-0.25, -0.2) is 5.84 Å². The summed E-state index contributed by atoms with van der Waals surface area (Å²) in [6, 6.07) is 0. The summed E-state index contributed by atoms with van der Waals surface area (Å²) in [7, 11) is 0. The Balaban J connectivity index is 2.50. The van der Waals surface area contributed by atoms with E-state index < -0.39 is 0 Å². The number of nitrogen functional groups attached to an aromatic ring is 1. The monoisotopic (exact) mass is 188 g/mol. The Morgan fingerprint density at radius 3 is 3.00 bits per heavy atom. The standard InChI is InChI=1S/C6H12N4OS/c1-4(2)11-3-5-6(8-7)12-10-9-5/h4,8H,3,7H2,1-2H3. The molecule has 0 aliphatic carbocycles. The molecule has 0 fully saturated rings. The van der Waals surface area contributed by atoms with Crippen molar-refractivity contribution in [1.82, 2.24) is 9.59 Å². The third kappa shape index (κ3) is 2.40. The number of hydrogen-bond acceptors (Lipinski definition) is 6. The highest BCUT2D eigenvalue weighted by atomic mass is 32.1. The van der Waals surface area contributed by atoms with Crippen LogP contribution >= 0.6 is 11.5 Å². The highest BCUT2D eigenvalue weighted by Gasteiger charge is 2.06. The summed E-state index contributed by atoms with van der Waals surface area (Å²) >= 11 is 1.22. The van der Waals surface area contributed by atoms with Crippen LogP contribution in [0.2, 0.25) is 0 Å². The Kier molecular flexibility index (Phi) is 3.39. The van der Waals surface area contributed by atoms with Crippen LogP contribution in [0, 0.1) is 0 Å². The fraction of sp³-hybridized carbons (Fsp3) is 0.667. The summed E-state index contributed by atoms with van der Waals surface area (Å²) in [5.74, 6) is 5.23. The van der Waals surface area contributed by atoms with Gasteiger partial charge >= 0.3 is 0 Å². The predicted molar refractivity (Wildman–Crippen MR) is 47.6 cm³/mol. The number of nitrogens with one attached hydrogen (secondary N) is 1. The van der Waals surface area contributed by atoms with Crippen molar-refractivity contribution in [2.24, 2.45) is 5.84 Å². The molecule has 0 saturated heterocycles. The molecule has 12 heavy (non-hydrogen) atoms. The van der Waals surface area contributed by atoms with Crippen molar-refractivity contribution >= 4 is 16.5 Å². The molecule has 0 spiro atoms. The van der Waals surface area contributed by atoms with E-state index in [2.05, 4.69) is 15.0 Å². The molecule has 0 saturated carbocycles. The molecule has 6 heteroatoms. The van der Waals surface area contributed by atoms with Gasteiger partial charge in [0.25, 0.3) is 0 Å². The molecule has 0 bridgehead atoms. The maximum absolute atomic E-state index is 5.34. The first kappa shape index (κ1) is 9.37. The van der Waals surface area contributed by atoms with Crippen LogP contribution in [0.3, 0.4) is 0 Å². The first-order valence-corrected chi connectivity index (χ1v) is 4.41. The van der Waals surface area contributed by atoms with Crippen molar-refractivity contribution in [3.8, 4) is 0 Å². The van der Waals surface area contributed by atoms with E-state index in [4.69, 9.17) is 10.6 Å². The summed E-state index contributed by atoms with van der Waals surface area (Å²) in [6.07, 6.45) is 0.192. The van der Waals surface area contributed by atoms with E-state index in [0.717, 1.165) is 10.7 Å². The van der Waals surface area contributed by atoms with Crippen molar-refractivity contribution in [3.05, 3.63) is 5.69 Å². The molecular weight excluding hydrogens is 176 g/mol. The molecule has 0 amide bonds. The number of aromatic nitrogens is 2. The van der Waals surface area contributed by atoms with E-state index >= 15 is 0 Å². The molecule has 0 aromatic carbocycles. The van der Waals surface area contributed by atoms with Crippen molar-refractivity contribution in [2.75, 3.05) is 5.43 Å². The lowest BCUT2D eigenvalue weighted by atomic mass is 10.4. The number of hydrazine groups is 1. The van der Waals surface area contributed by atoms with Gasteiger partial charge in [-0.15, -0.1) is 5.10 Å². The highest BCUT2D eigenvalue weighted by molar-refractivity contribution is 7.10. The van der Waals surface area contributed by atoms with Gasteiger partial charge in [0.15, 0.2) is 0 Å². The zero-order valence-corrected chi connectivity index (χ0v) is 7.89. The molecule has 5 nitrogen and oxygen atoms in total. The quantitative estimate of drug-likeness (QED) is 0.539. The van der Waals surface area contributed by atoms with Crippen LogP contribution in [0.15, 0.2) is 0 Å². The van der Waals surface area contributed by atoms with Gasteiger partial charge in [-0.2, -0.15) is 0 Å². The topological polar surface area (TPSA) is 73.1 Å². The molecule has 1 aromatic heterocycles. The van der Waals surface area contributed by atoms with Crippen LogP contribution < -0.4 is 11.3 Å². The minimum absolute atomic E-state index is 0.192. The minimum Gasteiger partial charge on any atom is -0.372 e. The number of hydrogen-bond donors (Lipinski definition) is 2. The lowest BCUT2D eigenvalue weighted by Crippen LogP contribution is -2.09. The van der Waals surface area contributed by atoms with Crippen LogP contribution in [0.5, 0.6) is 0 Å². The molecular formula is C6H12N4OS. The molecule has 1 heterocycles. The second-order valence-electron chi connectivity index (χ2n) is 2.55. The van der Waals surface area contributed by atoms with Crippen LogP contribution in [-0.2, 0) is 11.3 Å². The lowest BCUT2D eigenvalue weighted by molar-refractivity contribution is 0.0639. The lowest BCUT2D eigenvalue weighted by Gasteiger charge is -2.05. The fourth-order valence-corrected chi connectivity index (χ4v) is 1.14. The summed E-state index contributed by atoms with van der Waals surface area (Å²) in [6.45, 7) is 4.39. The number of nitrogens with zero attached hydrogens (tertiary/aromatic N) is 2. The first-order chi connectivity index (χ1) is 5.74.